The number of hydrogen-bond acceptors (Lipinski definition) is 2. The van der Waals surface area contributed by atoms with Crippen molar-refractivity contribution >= 4 is 11.9 Å². The lowest BCUT2D eigenvalue weighted by Crippen LogP contribution is -2.40. The maximum absolute atomic E-state index is 11.6. The number of amides is 1. The summed E-state index contributed by atoms with van der Waals surface area (Å²) in [6.07, 6.45) is 3.72. The first kappa shape index (κ1) is 11.0. The lowest BCUT2D eigenvalue weighted by molar-refractivity contribution is -0.148. The summed E-state index contributed by atoms with van der Waals surface area (Å²) in [4.78, 5) is 23.9. The minimum Gasteiger partial charge on any atom is -0.480 e. The van der Waals surface area contributed by atoms with Crippen molar-refractivity contribution in [3.8, 4) is 0 Å². The van der Waals surface area contributed by atoms with E-state index in [1.807, 2.05) is 6.92 Å². The Kier molecular flexibility index (Phi) is 3.92. The Balaban J connectivity index is 2.49. The van der Waals surface area contributed by atoms with Crippen LogP contribution in [0.3, 0.4) is 0 Å². The van der Waals surface area contributed by atoms with Crippen molar-refractivity contribution < 1.29 is 14.7 Å². The van der Waals surface area contributed by atoms with E-state index in [1.54, 1.807) is 0 Å². The van der Waals surface area contributed by atoms with Crippen LogP contribution in [-0.4, -0.2) is 34.5 Å². The van der Waals surface area contributed by atoms with Gasteiger partial charge in [0.1, 0.15) is 6.04 Å². The van der Waals surface area contributed by atoms with Crippen LogP contribution in [-0.2, 0) is 9.59 Å². The molecule has 1 aliphatic rings. The highest BCUT2D eigenvalue weighted by atomic mass is 16.4. The Labute approximate surface area is 83.9 Å². The number of aliphatic carboxylic acids is 1. The van der Waals surface area contributed by atoms with Crippen LogP contribution in [0.25, 0.3) is 0 Å². The molecule has 1 unspecified atom stereocenters. The molecule has 1 amide bonds. The third-order valence-electron chi connectivity index (χ3n) is 2.60. The summed E-state index contributed by atoms with van der Waals surface area (Å²) in [5.41, 5.74) is 0. The molecule has 0 aromatic carbocycles. The molecule has 0 bridgehead atoms. The van der Waals surface area contributed by atoms with Crippen LogP contribution in [0, 0.1) is 0 Å². The second kappa shape index (κ2) is 4.98. The third-order valence-corrected chi connectivity index (χ3v) is 2.60. The first-order valence-electron chi connectivity index (χ1n) is 5.19. The van der Waals surface area contributed by atoms with Gasteiger partial charge in [-0.15, -0.1) is 0 Å². The predicted molar refractivity (Wildman–Crippen MR) is 51.9 cm³/mol. The highest BCUT2D eigenvalue weighted by molar-refractivity contribution is 5.84. The van der Waals surface area contributed by atoms with E-state index in [0.29, 0.717) is 19.4 Å². The van der Waals surface area contributed by atoms with Crippen molar-refractivity contribution in [3.63, 3.8) is 0 Å². The normalized spacial score (nSPS) is 21.2. The van der Waals surface area contributed by atoms with E-state index in [1.165, 1.54) is 4.90 Å². The zero-order chi connectivity index (χ0) is 10.6. The summed E-state index contributed by atoms with van der Waals surface area (Å²) < 4.78 is 0. The van der Waals surface area contributed by atoms with Gasteiger partial charge in [0.15, 0.2) is 0 Å². The smallest absolute Gasteiger partial charge is 0.326 e. The van der Waals surface area contributed by atoms with Crippen molar-refractivity contribution in [2.45, 2.75) is 45.1 Å². The molecule has 1 fully saturated rings. The molecule has 0 aliphatic carbocycles. The molecule has 0 radical (unpaired) electrons. The Bertz CT molecular complexity index is 227. The molecule has 14 heavy (non-hydrogen) atoms. The topological polar surface area (TPSA) is 57.6 Å². The molecule has 1 saturated heterocycles. The predicted octanol–water partition coefficient (Wildman–Crippen LogP) is 1.25. The molecule has 4 nitrogen and oxygen atoms in total. The molecule has 0 aromatic rings. The summed E-state index contributed by atoms with van der Waals surface area (Å²) in [5.74, 6) is -0.871. The van der Waals surface area contributed by atoms with Crippen molar-refractivity contribution in [1.29, 1.82) is 0 Å². The van der Waals surface area contributed by atoms with Gasteiger partial charge >= 0.3 is 5.97 Å². The number of carbonyl (C=O) groups excluding carboxylic acids is 1. The number of unbranched alkanes of at least 4 members (excludes halogenated alkanes) is 1. The quantitative estimate of drug-likeness (QED) is 0.741. The fourth-order valence-electron chi connectivity index (χ4n) is 1.79. The zero-order valence-electron chi connectivity index (χ0n) is 8.53. The summed E-state index contributed by atoms with van der Waals surface area (Å²) in [6, 6.07) is -0.570. The van der Waals surface area contributed by atoms with E-state index in [0.717, 1.165) is 19.3 Å². The Morgan fingerprint density at radius 1 is 1.50 bits per heavy atom. The fourth-order valence-corrected chi connectivity index (χ4v) is 1.79. The second-order valence-electron chi connectivity index (χ2n) is 3.69. The number of carboxylic acids is 1. The maximum atomic E-state index is 11.6. The van der Waals surface area contributed by atoms with Crippen LogP contribution in [0.2, 0.25) is 0 Å². The fraction of sp³-hybridized carbons (Fsp3) is 0.800. The van der Waals surface area contributed by atoms with E-state index in [2.05, 4.69) is 0 Å². The number of carbonyl (C=O) groups is 2. The molecule has 1 atom stereocenters. The molecule has 0 saturated carbocycles. The summed E-state index contributed by atoms with van der Waals surface area (Å²) in [6.45, 7) is 2.63. The van der Waals surface area contributed by atoms with Crippen LogP contribution in [0.1, 0.15) is 39.0 Å². The molecular weight excluding hydrogens is 182 g/mol. The first-order valence-corrected chi connectivity index (χ1v) is 5.19. The van der Waals surface area contributed by atoms with Crippen LogP contribution in [0.5, 0.6) is 0 Å². The first-order chi connectivity index (χ1) is 6.66. The Morgan fingerprint density at radius 3 is 2.79 bits per heavy atom. The molecule has 0 spiro atoms. The summed E-state index contributed by atoms with van der Waals surface area (Å²) >= 11 is 0. The minimum absolute atomic E-state index is 0.00301. The van der Waals surface area contributed by atoms with Gasteiger partial charge in [-0.25, -0.2) is 4.79 Å². The number of carboxylic acid groups (broad SMARTS) is 1. The van der Waals surface area contributed by atoms with Gasteiger partial charge in [-0.2, -0.15) is 0 Å². The van der Waals surface area contributed by atoms with Gasteiger partial charge < -0.3 is 10.0 Å². The molecular formula is C10H17NO3. The van der Waals surface area contributed by atoms with Gasteiger partial charge in [-0.3, -0.25) is 4.79 Å². The largest absolute Gasteiger partial charge is 0.480 e. The van der Waals surface area contributed by atoms with Crippen molar-refractivity contribution in [3.05, 3.63) is 0 Å². The molecule has 4 heteroatoms. The minimum atomic E-state index is -0.868. The third kappa shape index (κ3) is 2.47. The van der Waals surface area contributed by atoms with Crippen molar-refractivity contribution in [2.75, 3.05) is 6.54 Å². The molecule has 1 N–H and O–H groups in total. The van der Waals surface area contributed by atoms with E-state index >= 15 is 0 Å². The average molecular weight is 199 g/mol. The second-order valence-corrected chi connectivity index (χ2v) is 3.69. The molecule has 1 rings (SSSR count). The average Bonchev–Trinajstić information content (AvgIpc) is 2.62. The van der Waals surface area contributed by atoms with E-state index < -0.39 is 12.0 Å². The highest BCUT2D eigenvalue weighted by Crippen LogP contribution is 2.18. The monoisotopic (exact) mass is 199 g/mol. The highest BCUT2D eigenvalue weighted by Gasteiger charge is 2.33. The van der Waals surface area contributed by atoms with E-state index in [9.17, 15) is 9.59 Å². The molecule has 1 aliphatic heterocycles. The number of rotatable bonds is 4. The van der Waals surface area contributed by atoms with Gasteiger partial charge in [0.05, 0.1) is 0 Å². The van der Waals surface area contributed by atoms with E-state index in [-0.39, 0.29) is 5.91 Å². The van der Waals surface area contributed by atoms with Crippen LogP contribution in [0.15, 0.2) is 0 Å². The molecule has 1 heterocycles. The SMILES string of the molecule is CCCCC(=O)N1CCCC1C(=O)O. The van der Waals surface area contributed by atoms with Gasteiger partial charge in [0.25, 0.3) is 0 Å². The number of nitrogens with zero attached hydrogens (tertiary/aromatic N) is 1. The van der Waals surface area contributed by atoms with Gasteiger partial charge in [0.2, 0.25) is 5.91 Å². The standard InChI is InChI=1S/C10H17NO3/c1-2-3-6-9(12)11-7-4-5-8(11)10(13)14/h8H,2-7H2,1H3,(H,13,14). The zero-order valence-corrected chi connectivity index (χ0v) is 8.53. The van der Waals surface area contributed by atoms with E-state index in [4.69, 9.17) is 5.11 Å². The lowest BCUT2D eigenvalue weighted by atomic mass is 10.2. The van der Waals surface area contributed by atoms with Crippen LogP contribution >= 0.6 is 0 Å². The molecule has 80 valence electrons. The maximum Gasteiger partial charge on any atom is 0.326 e. The number of hydrogen-bond donors (Lipinski definition) is 1. The van der Waals surface area contributed by atoms with Crippen molar-refractivity contribution in [1.82, 2.24) is 4.90 Å². The van der Waals surface area contributed by atoms with Crippen LogP contribution in [0.4, 0.5) is 0 Å². The van der Waals surface area contributed by atoms with Gasteiger partial charge in [-0.05, 0) is 19.3 Å². The van der Waals surface area contributed by atoms with Gasteiger partial charge in [-0.1, -0.05) is 13.3 Å². The number of likely N-dealkylation sites (tertiary alicyclic amines) is 1. The summed E-state index contributed by atoms with van der Waals surface area (Å²) in [7, 11) is 0. The lowest BCUT2D eigenvalue weighted by Gasteiger charge is -2.21. The summed E-state index contributed by atoms with van der Waals surface area (Å²) in [5, 5.41) is 8.86. The van der Waals surface area contributed by atoms with Gasteiger partial charge in [0, 0.05) is 13.0 Å². The molecule has 0 aromatic heterocycles. The Hall–Kier alpha value is -1.06. The van der Waals surface area contributed by atoms with Crippen LogP contribution < -0.4 is 0 Å². The Morgan fingerprint density at radius 2 is 2.21 bits per heavy atom. The van der Waals surface area contributed by atoms with Crippen molar-refractivity contribution in [2.24, 2.45) is 0 Å².